The van der Waals surface area contributed by atoms with Gasteiger partial charge in [-0.1, -0.05) is 64.4 Å². The van der Waals surface area contributed by atoms with Crippen LogP contribution in [0.2, 0.25) is 0 Å². The number of carboxylic acid groups (broad SMARTS) is 4. The number of hydrogen-bond acceptors (Lipinski definition) is 20. The fraction of sp³-hybridized carbons (Fsp3) is 0.638. The third-order valence-corrected chi connectivity index (χ3v) is 15.1. The maximum absolute atomic E-state index is 14.3. The van der Waals surface area contributed by atoms with Crippen LogP contribution >= 0.6 is 11.8 Å². The SMILES string of the molecule is CC[C@H](C)[C@H](NC(=O)[C@H](Cc1ccccc1)NC(=O)[C@H](CCC(=O)O)NC(=O)[C@H](C)NC(=O)[C@H](CC(=O)O)NC(=O)[C@H](CCSC)NC(=O)[C@H](CCCCN)NC(=O)[C@@H](NC(=O)[C@H](CCC(=O)O)NC(=O)[C@@H](N)CO)C(C)C)C(=O)N[C@@H](C)C(=O)N[C@H](C(=O)O)[C@@H](C)O. The van der Waals surface area contributed by atoms with Gasteiger partial charge in [-0.2, -0.15) is 11.8 Å². The second-order valence-corrected chi connectivity index (χ2v) is 23.5. The number of benzene rings is 1. The fourth-order valence-corrected chi connectivity index (χ4v) is 9.15. The molecule has 34 nitrogen and oxygen atoms in total. The van der Waals surface area contributed by atoms with Crippen molar-refractivity contribution in [3.63, 3.8) is 0 Å². The van der Waals surface area contributed by atoms with Crippen LogP contribution in [0.3, 0.4) is 0 Å². The van der Waals surface area contributed by atoms with Crippen LogP contribution < -0.4 is 70.0 Å². The number of nitrogens with one attached hydrogen (secondary N) is 11. The number of aliphatic hydroxyl groups is 2. The normalized spacial score (nSPS) is 15.6. The predicted octanol–water partition coefficient (Wildman–Crippen LogP) is -4.82. The first-order valence-electron chi connectivity index (χ1n) is 30.1. The predicted molar refractivity (Wildman–Crippen MR) is 333 cm³/mol. The minimum absolute atomic E-state index is 0.0797. The molecule has 14 atom stereocenters. The lowest BCUT2D eigenvalue weighted by Crippen LogP contribution is -2.61. The van der Waals surface area contributed by atoms with Gasteiger partial charge in [-0.3, -0.25) is 67.1 Å². The number of carbonyl (C=O) groups excluding carboxylic acids is 11. The first kappa shape index (κ1) is 82.5. The molecule has 0 aliphatic heterocycles. The second-order valence-electron chi connectivity index (χ2n) is 22.5. The maximum Gasteiger partial charge on any atom is 0.328 e. The van der Waals surface area contributed by atoms with Crippen molar-refractivity contribution in [2.24, 2.45) is 23.3 Å². The lowest BCUT2D eigenvalue weighted by molar-refractivity contribution is -0.145. The highest BCUT2D eigenvalue weighted by molar-refractivity contribution is 7.98. The Morgan fingerprint density at radius 1 is 0.473 bits per heavy atom. The number of aliphatic hydroxyl groups excluding tert-OH is 2. The number of rotatable bonds is 45. The Balaban J connectivity index is 3.53. The van der Waals surface area contributed by atoms with Gasteiger partial charge in [-0.15, -0.1) is 0 Å². The number of carboxylic acids is 4. The van der Waals surface area contributed by atoms with E-state index in [-0.39, 0.29) is 44.4 Å². The van der Waals surface area contributed by atoms with Gasteiger partial charge in [0.15, 0.2) is 6.04 Å². The minimum Gasteiger partial charge on any atom is -0.481 e. The van der Waals surface area contributed by atoms with E-state index < -0.39 is 218 Å². The van der Waals surface area contributed by atoms with Crippen LogP contribution in [-0.2, 0) is 78.3 Å². The van der Waals surface area contributed by atoms with Gasteiger partial charge in [0.2, 0.25) is 65.0 Å². The van der Waals surface area contributed by atoms with E-state index in [1.165, 1.54) is 32.5 Å². The third kappa shape index (κ3) is 30.6. The summed E-state index contributed by atoms with van der Waals surface area (Å²) in [5.41, 5.74) is 11.8. The number of hydrogen-bond donors (Lipinski definition) is 19. The van der Waals surface area contributed by atoms with Gasteiger partial charge in [-0.25, -0.2) is 4.79 Å². The Morgan fingerprint density at radius 2 is 0.882 bits per heavy atom. The average molecular weight is 1340 g/mol. The summed E-state index contributed by atoms with van der Waals surface area (Å²) in [6.07, 6.45) is -2.90. The van der Waals surface area contributed by atoms with E-state index in [2.05, 4.69) is 58.5 Å². The smallest absolute Gasteiger partial charge is 0.328 e. The molecule has 21 N–H and O–H groups in total. The lowest BCUT2D eigenvalue weighted by atomic mass is 9.96. The van der Waals surface area contributed by atoms with Crippen LogP contribution in [0.1, 0.15) is 118 Å². The minimum atomic E-state index is -1.96. The van der Waals surface area contributed by atoms with Gasteiger partial charge in [-0.05, 0) is 95.2 Å². The molecule has 93 heavy (non-hydrogen) atoms. The first-order chi connectivity index (χ1) is 43.6. The van der Waals surface area contributed by atoms with Gasteiger partial charge in [0, 0.05) is 19.3 Å². The van der Waals surface area contributed by atoms with Crippen molar-refractivity contribution in [3.8, 4) is 0 Å². The summed E-state index contributed by atoms with van der Waals surface area (Å²) in [4.78, 5) is 198. The number of unbranched alkanes of at least 4 members (excludes halogenated alkanes) is 1. The van der Waals surface area contributed by atoms with Gasteiger partial charge in [0.05, 0.1) is 19.1 Å². The summed E-state index contributed by atoms with van der Waals surface area (Å²) in [6, 6.07) is -10.7. The van der Waals surface area contributed by atoms with E-state index in [0.717, 1.165) is 13.8 Å². The molecule has 1 rings (SSSR count). The molecule has 0 bridgehead atoms. The van der Waals surface area contributed by atoms with Crippen molar-refractivity contribution in [3.05, 3.63) is 35.9 Å². The molecule has 0 unspecified atom stereocenters. The molecule has 0 saturated carbocycles. The molecule has 0 radical (unpaired) electrons. The Bertz CT molecular complexity index is 2730. The van der Waals surface area contributed by atoms with Crippen LogP contribution in [0.5, 0.6) is 0 Å². The largest absolute Gasteiger partial charge is 0.481 e. The van der Waals surface area contributed by atoms with Crippen molar-refractivity contribution in [1.82, 2.24) is 58.5 Å². The average Bonchev–Trinajstić information content (AvgIpc) is 0.989. The zero-order valence-corrected chi connectivity index (χ0v) is 54.1. The van der Waals surface area contributed by atoms with Crippen LogP contribution in [0.4, 0.5) is 0 Å². The first-order valence-corrected chi connectivity index (χ1v) is 31.5. The summed E-state index contributed by atoms with van der Waals surface area (Å²) in [5, 5.41) is 83.7. The van der Waals surface area contributed by atoms with E-state index in [9.17, 15) is 103 Å². The Labute approximate surface area is 541 Å². The van der Waals surface area contributed by atoms with Crippen LogP contribution in [-0.4, -0.2) is 223 Å². The highest BCUT2D eigenvalue weighted by Gasteiger charge is 2.38. The fourth-order valence-electron chi connectivity index (χ4n) is 8.68. The molecular formula is C58H93N13O21S. The molecule has 0 heterocycles. The van der Waals surface area contributed by atoms with Crippen LogP contribution in [0.15, 0.2) is 30.3 Å². The molecule has 1 aromatic carbocycles. The number of aliphatic carboxylic acids is 4. The van der Waals surface area contributed by atoms with E-state index in [1.54, 1.807) is 50.4 Å². The van der Waals surface area contributed by atoms with E-state index in [1.807, 2.05) is 0 Å². The number of carbonyl (C=O) groups is 15. The van der Waals surface area contributed by atoms with Crippen molar-refractivity contribution in [1.29, 1.82) is 0 Å². The van der Waals surface area contributed by atoms with E-state index in [0.29, 0.717) is 12.0 Å². The summed E-state index contributed by atoms with van der Waals surface area (Å²) in [7, 11) is 0. The summed E-state index contributed by atoms with van der Waals surface area (Å²) in [5.74, 6) is -18.4. The number of amides is 11. The Morgan fingerprint density at radius 3 is 1.35 bits per heavy atom. The van der Waals surface area contributed by atoms with Gasteiger partial charge >= 0.3 is 23.9 Å². The zero-order chi connectivity index (χ0) is 70.8. The standard InChI is InChI=1S/C58H93N13O21S/c1-9-29(4)45(57(90)62-31(6)48(81)71-46(32(7)73)58(91)92)70-55(88)39(25-33-15-11-10-12-16-33)67-51(84)36(18-20-41(74)75)63-47(80)30(5)61-54(87)40(26-43(78)79)68-52(85)38(22-24-93-8)65-50(83)35(17-13-14-23-59)66-56(89)44(28(2)3)69-53(86)37(19-21-42(76)77)64-49(82)34(60)27-72/h10-12,15-16,28-32,34-40,44-46,72-73H,9,13-14,17-27,59-60H2,1-8H3,(H,61,87)(H,62,90)(H,63,80)(H,64,82)(H,65,83)(H,66,89)(H,67,84)(H,68,85)(H,69,86)(H,70,88)(H,71,81)(H,74,75)(H,76,77)(H,78,79)(H,91,92)/t29-,30-,31-,32+,34-,35-,36-,37-,38-,39-,40-,44-,45-,46-/m0/s1. The zero-order valence-electron chi connectivity index (χ0n) is 53.3. The summed E-state index contributed by atoms with van der Waals surface area (Å²) >= 11 is 1.23. The van der Waals surface area contributed by atoms with Crippen LogP contribution in [0.25, 0.3) is 0 Å². The van der Waals surface area contributed by atoms with Crippen LogP contribution in [0, 0.1) is 11.8 Å². The van der Waals surface area contributed by atoms with Crippen molar-refractivity contribution < 1.29 is 103 Å². The highest BCUT2D eigenvalue weighted by Crippen LogP contribution is 2.14. The maximum atomic E-state index is 14.3. The molecule has 0 aromatic heterocycles. The Kier molecular flexibility index (Phi) is 37.8. The molecule has 0 saturated heterocycles. The monoisotopic (exact) mass is 1340 g/mol. The van der Waals surface area contributed by atoms with Gasteiger partial charge in [0.25, 0.3) is 0 Å². The van der Waals surface area contributed by atoms with Gasteiger partial charge < -0.3 is 101 Å². The molecule has 522 valence electrons. The molecule has 1 aromatic rings. The molecule has 0 spiro atoms. The molecule has 0 fully saturated rings. The summed E-state index contributed by atoms with van der Waals surface area (Å²) < 4.78 is 0. The van der Waals surface area contributed by atoms with Gasteiger partial charge in [0.1, 0.15) is 66.5 Å². The lowest BCUT2D eigenvalue weighted by Gasteiger charge is -2.29. The number of thioether (sulfide) groups is 1. The van der Waals surface area contributed by atoms with Crippen molar-refractivity contribution in [2.45, 2.75) is 198 Å². The highest BCUT2D eigenvalue weighted by atomic mass is 32.2. The van der Waals surface area contributed by atoms with E-state index >= 15 is 0 Å². The molecule has 0 aliphatic carbocycles. The van der Waals surface area contributed by atoms with E-state index in [4.69, 9.17) is 11.5 Å². The van der Waals surface area contributed by atoms with Crippen molar-refractivity contribution >= 4 is 101 Å². The number of nitrogens with two attached hydrogens (primary N) is 2. The Hall–Kier alpha value is -8.54. The van der Waals surface area contributed by atoms with Crippen molar-refractivity contribution in [2.75, 3.05) is 25.2 Å². The molecule has 0 aliphatic rings. The molecule has 35 heteroatoms. The summed E-state index contributed by atoms with van der Waals surface area (Å²) in [6.45, 7) is 9.18. The topological polar surface area (TPSA) is 562 Å². The second kappa shape index (κ2) is 42.6. The molecule has 11 amide bonds. The third-order valence-electron chi connectivity index (χ3n) is 14.4. The molecular weight excluding hydrogens is 1250 g/mol. The quantitative estimate of drug-likeness (QED) is 0.0272.